The fourth-order valence-corrected chi connectivity index (χ4v) is 1.29. The summed E-state index contributed by atoms with van der Waals surface area (Å²) in [6.07, 6.45) is 13.3. The van der Waals surface area contributed by atoms with E-state index in [1.165, 1.54) is 32.1 Å². The normalized spacial score (nSPS) is 27.9. The van der Waals surface area contributed by atoms with E-state index >= 15 is 0 Å². The molecular formula is C10H16. The summed E-state index contributed by atoms with van der Waals surface area (Å²) >= 11 is 0. The van der Waals surface area contributed by atoms with Gasteiger partial charge in [0.05, 0.1) is 0 Å². The van der Waals surface area contributed by atoms with Crippen molar-refractivity contribution in [3.8, 4) is 0 Å². The smallest absolute Gasteiger partial charge is 0.0317 e. The maximum Gasteiger partial charge on any atom is -0.0317 e. The summed E-state index contributed by atoms with van der Waals surface area (Å²) in [6.45, 7) is 2.24. The summed E-state index contributed by atoms with van der Waals surface area (Å²) in [6, 6.07) is 0. The van der Waals surface area contributed by atoms with Crippen LogP contribution in [0.4, 0.5) is 0 Å². The summed E-state index contributed by atoms with van der Waals surface area (Å²) in [5, 5.41) is 0. The van der Waals surface area contributed by atoms with E-state index in [2.05, 4.69) is 25.2 Å². The lowest BCUT2D eigenvalue weighted by atomic mass is 10.0. The first-order valence-electron chi connectivity index (χ1n) is 4.28. The van der Waals surface area contributed by atoms with Gasteiger partial charge in [-0.15, -0.1) is 0 Å². The second-order valence-electron chi connectivity index (χ2n) is 2.85. The van der Waals surface area contributed by atoms with Gasteiger partial charge in [0.15, 0.2) is 0 Å². The summed E-state index contributed by atoms with van der Waals surface area (Å²) in [5.41, 5.74) is 1.61. The molecule has 0 atom stereocenters. The predicted molar refractivity (Wildman–Crippen MR) is 46.0 cm³/mol. The van der Waals surface area contributed by atoms with E-state index in [0.717, 1.165) is 0 Å². The third-order valence-electron chi connectivity index (χ3n) is 2.04. The van der Waals surface area contributed by atoms with Gasteiger partial charge < -0.3 is 0 Å². The van der Waals surface area contributed by atoms with Crippen LogP contribution >= 0.6 is 0 Å². The lowest BCUT2D eigenvalue weighted by Crippen LogP contribution is -1.84. The van der Waals surface area contributed by atoms with Crippen molar-refractivity contribution in [2.45, 2.75) is 39.0 Å². The molecule has 0 nitrogen and oxygen atoms in total. The summed E-state index contributed by atoms with van der Waals surface area (Å²) in [5.74, 6) is 0. The van der Waals surface area contributed by atoms with Crippen LogP contribution in [0.2, 0.25) is 0 Å². The van der Waals surface area contributed by atoms with Gasteiger partial charge in [-0.3, -0.25) is 0 Å². The molecule has 0 aromatic carbocycles. The molecule has 0 aliphatic heterocycles. The zero-order chi connectivity index (χ0) is 7.23. The van der Waals surface area contributed by atoms with E-state index < -0.39 is 0 Å². The maximum absolute atomic E-state index is 2.28. The molecule has 0 radical (unpaired) electrons. The largest absolute Gasteiger partial charge is 0.0845 e. The molecule has 0 heteroatoms. The fraction of sp³-hybridized carbons (Fsp3) is 0.600. The highest BCUT2D eigenvalue weighted by Crippen LogP contribution is 2.14. The minimum Gasteiger partial charge on any atom is -0.0845 e. The van der Waals surface area contributed by atoms with E-state index in [9.17, 15) is 0 Å². The molecule has 0 aromatic heterocycles. The average Bonchev–Trinajstić information content (AvgIpc) is 1.87. The van der Waals surface area contributed by atoms with Crippen LogP contribution in [0.1, 0.15) is 39.0 Å². The third-order valence-corrected chi connectivity index (χ3v) is 2.04. The van der Waals surface area contributed by atoms with E-state index in [0.29, 0.717) is 0 Å². The summed E-state index contributed by atoms with van der Waals surface area (Å²) < 4.78 is 0. The molecule has 1 aliphatic rings. The quantitative estimate of drug-likeness (QED) is 0.518. The van der Waals surface area contributed by atoms with Gasteiger partial charge >= 0.3 is 0 Å². The molecule has 56 valence electrons. The van der Waals surface area contributed by atoms with Crippen molar-refractivity contribution in [1.29, 1.82) is 0 Å². The van der Waals surface area contributed by atoms with Gasteiger partial charge in [0, 0.05) is 0 Å². The molecule has 0 bridgehead atoms. The molecule has 0 aromatic rings. The number of hydrogen-bond donors (Lipinski definition) is 0. The van der Waals surface area contributed by atoms with Gasteiger partial charge in [-0.2, -0.15) is 0 Å². The SMILES string of the molecule is CC/C1=C/C=C\CCCC1. The van der Waals surface area contributed by atoms with Crippen LogP contribution in [0.15, 0.2) is 23.8 Å². The minimum atomic E-state index is 1.23. The van der Waals surface area contributed by atoms with Gasteiger partial charge in [-0.1, -0.05) is 30.7 Å². The van der Waals surface area contributed by atoms with Crippen LogP contribution in [0.25, 0.3) is 0 Å². The van der Waals surface area contributed by atoms with Crippen molar-refractivity contribution >= 4 is 0 Å². The Morgan fingerprint density at radius 1 is 1.40 bits per heavy atom. The molecule has 0 N–H and O–H groups in total. The van der Waals surface area contributed by atoms with Crippen LogP contribution in [0.5, 0.6) is 0 Å². The molecular weight excluding hydrogens is 120 g/mol. The average molecular weight is 136 g/mol. The molecule has 0 saturated heterocycles. The number of hydrogen-bond acceptors (Lipinski definition) is 0. The van der Waals surface area contributed by atoms with Crippen LogP contribution in [-0.4, -0.2) is 0 Å². The second-order valence-corrected chi connectivity index (χ2v) is 2.85. The van der Waals surface area contributed by atoms with Gasteiger partial charge in [-0.05, 0) is 32.1 Å². The van der Waals surface area contributed by atoms with Crippen molar-refractivity contribution in [2.24, 2.45) is 0 Å². The van der Waals surface area contributed by atoms with E-state index in [1.807, 2.05) is 0 Å². The first kappa shape index (κ1) is 7.59. The first-order valence-corrected chi connectivity index (χ1v) is 4.28. The highest BCUT2D eigenvalue weighted by atomic mass is 14.0. The Kier molecular flexibility index (Phi) is 3.28. The van der Waals surface area contributed by atoms with Crippen LogP contribution in [0.3, 0.4) is 0 Å². The number of allylic oxidation sites excluding steroid dienone is 4. The Morgan fingerprint density at radius 3 is 3.10 bits per heavy atom. The first-order chi connectivity index (χ1) is 4.93. The predicted octanol–water partition coefficient (Wildman–Crippen LogP) is 3.45. The van der Waals surface area contributed by atoms with Gasteiger partial charge in [0.1, 0.15) is 0 Å². The lowest BCUT2D eigenvalue weighted by molar-refractivity contribution is 0.723. The molecule has 0 amide bonds. The summed E-state index contributed by atoms with van der Waals surface area (Å²) in [4.78, 5) is 0. The minimum absolute atomic E-state index is 1.23. The van der Waals surface area contributed by atoms with Crippen molar-refractivity contribution < 1.29 is 0 Å². The Bertz CT molecular complexity index is 140. The van der Waals surface area contributed by atoms with Crippen LogP contribution in [0, 0.1) is 0 Å². The molecule has 0 fully saturated rings. The zero-order valence-corrected chi connectivity index (χ0v) is 6.77. The van der Waals surface area contributed by atoms with Crippen LogP contribution < -0.4 is 0 Å². The highest BCUT2D eigenvalue weighted by molar-refractivity contribution is 5.13. The highest BCUT2D eigenvalue weighted by Gasteiger charge is 1.94. The van der Waals surface area contributed by atoms with Crippen LogP contribution in [-0.2, 0) is 0 Å². The standard InChI is InChI=1S/C10H16/c1-2-10-8-6-4-3-5-7-9-10/h4,6,8H,2-3,5,7,9H2,1H3/b6-4-,10-8-. The van der Waals surface area contributed by atoms with Crippen molar-refractivity contribution in [3.63, 3.8) is 0 Å². The maximum atomic E-state index is 2.28. The lowest BCUT2D eigenvalue weighted by Gasteiger charge is -2.04. The summed E-state index contributed by atoms with van der Waals surface area (Å²) in [7, 11) is 0. The topological polar surface area (TPSA) is 0 Å². The molecule has 0 spiro atoms. The van der Waals surface area contributed by atoms with Gasteiger partial charge in [-0.25, -0.2) is 0 Å². The Hall–Kier alpha value is -0.520. The van der Waals surface area contributed by atoms with Crippen molar-refractivity contribution in [3.05, 3.63) is 23.8 Å². The molecule has 1 aliphatic carbocycles. The second kappa shape index (κ2) is 4.32. The van der Waals surface area contributed by atoms with Crippen molar-refractivity contribution in [2.75, 3.05) is 0 Å². The van der Waals surface area contributed by atoms with E-state index in [1.54, 1.807) is 5.57 Å². The zero-order valence-electron chi connectivity index (χ0n) is 6.77. The van der Waals surface area contributed by atoms with E-state index in [-0.39, 0.29) is 0 Å². The molecule has 1 rings (SSSR count). The Labute approximate surface area is 63.6 Å². The molecule has 0 unspecified atom stereocenters. The fourth-order valence-electron chi connectivity index (χ4n) is 1.29. The molecule has 0 heterocycles. The van der Waals surface area contributed by atoms with E-state index in [4.69, 9.17) is 0 Å². The number of rotatable bonds is 1. The van der Waals surface area contributed by atoms with Crippen molar-refractivity contribution in [1.82, 2.24) is 0 Å². The monoisotopic (exact) mass is 136 g/mol. The Morgan fingerprint density at radius 2 is 2.30 bits per heavy atom. The van der Waals surface area contributed by atoms with Gasteiger partial charge in [0.25, 0.3) is 0 Å². The molecule has 10 heavy (non-hydrogen) atoms. The molecule has 0 saturated carbocycles. The third kappa shape index (κ3) is 2.38. The Balaban J connectivity index is 2.49. The van der Waals surface area contributed by atoms with Gasteiger partial charge in [0.2, 0.25) is 0 Å².